The van der Waals surface area contributed by atoms with E-state index in [4.69, 9.17) is 27.9 Å². The normalized spacial score (nSPS) is 21.0. The minimum Gasteiger partial charge on any atom is -0.481 e. The highest BCUT2D eigenvalue weighted by Gasteiger charge is 2.64. The molecule has 1 aliphatic carbocycles. The fourth-order valence-corrected chi connectivity index (χ4v) is 5.59. The van der Waals surface area contributed by atoms with Crippen molar-refractivity contribution in [1.29, 1.82) is 0 Å². The maximum Gasteiger partial charge on any atom is 0.338 e. The maximum absolute atomic E-state index is 13.4. The van der Waals surface area contributed by atoms with Gasteiger partial charge in [0.25, 0.3) is 0 Å². The molecule has 6 atom stereocenters. The van der Waals surface area contributed by atoms with Gasteiger partial charge in [-0.05, 0) is 47.5 Å². The molecular weight excluding hydrogens is 589 g/mol. The Labute approximate surface area is 250 Å². The van der Waals surface area contributed by atoms with Crippen molar-refractivity contribution < 1.29 is 43.7 Å². The maximum atomic E-state index is 13.4. The highest BCUT2D eigenvalue weighted by Crippen LogP contribution is 2.47. The number of hydrogen-bond acceptors (Lipinski definition) is 7. The third kappa shape index (κ3) is 6.34. The van der Waals surface area contributed by atoms with Gasteiger partial charge in [-0.3, -0.25) is 19.2 Å². The number of carbonyl (C=O) groups excluding carboxylic acids is 3. The molecule has 1 saturated carbocycles. The fraction of sp³-hybridized carbons (Fsp3) is 0.300. The van der Waals surface area contributed by atoms with Crippen LogP contribution >= 0.6 is 23.2 Å². The van der Waals surface area contributed by atoms with Crippen LogP contribution in [0.1, 0.15) is 22.8 Å². The molecule has 0 saturated heterocycles. The summed E-state index contributed by atoms with van der Waals surface area (Å²) in [5.74, 6) is -12.0. The lowest BCUT2D eigenvalue weighted by molar-refractivity contribution is -0.188. The summed E-state index contributed by atoms with van der Waals surface area (Å²) in [6, 6.07) is 16.5. The van der Waals surface area contributed by atoms with E-state index in [0.29, 0.717) is 10.6 Å². The van der Waals surface area contributed by atoms with Gasteiger partial charge in [-0.25, -0.2) is 4.79 Å². The van der Waals surface area contributed by atoms with Gasteiger partial charge < -0.3 is 25.0 Å². The van der Waals surface area contributed by atoms with Crippen LogP contribution in [0.4, 0.5) is 0 Å². The van der Waals surface area contributed by atoms with Gasteiger partial charge in [-0.1, -0.05) is 59.6 Å². The molecule has 10 nitrogen and oxygen atoms in total. The van der Waals surface area contributed by atoms with Gasteiger partial charge in [0, 0.05) is 6.42 Å². The van der Waals surface area contributed by atoms with Gasteiger partial charge in [0.05, 0.1) is 52.4 Å². The number of halogens is 2. The number of nitrogens with one attached hydrogen (secondary N) is 1. The molecule has 0 radical (unpaired) electrons. The van der Waals surface area contributed by atoms with Crippen molar-refractivity contribution in [2.24, 2.45) is 23.7 Å². The van der Waals surface area contributed by atoms with Crippen LogP contribution in [0.2, 0.25) is 10.0 Å². The minimum atomic E-state index is -1.66. The average molecular weight is 616 g/mol. The highest BCUT2D eigenvalue weighted by atomic mass is 35.5. The highest BCUT2D eigenvalue weighted by molar-refractivity contribution is 6.42. The number of esters is 2. The first-order valence-electron chi connectivity index (χ1n) is 12.9. The Kier molecular flexibility index (Phi) is 9.38. The first-order chi connectivity index (χ1) is 19.9. The molecule has 0 aromatic heterocycles. The number of carboxylic acid groups (broad SMARTS) is 2. The number of fused-ring (bicyclic) bond motifs is 1. The van der Waals surface area contributed by atoms with E-state index >= 15 is 0 Å². The first kappa shape index (κ1) is 30.8. The Bertz CT molecular complexity index is 1560. The van der Waals surface area contributed by atoms with Gasteiger partial charge in [0.15, 0.2) is 0 Å². The molecule has 0 unspecified atom stereocenters. The predicted octanol–water partition coefficient (Wildman–Crippen LogP) is 4.24. The largest absolute Gasteiger partial charge is 0.481 e. The number of aliphatic carboxylic acids is 2. The van der Waals surface area contributed by atoms with Crippen LogP contribution in [-0.4, -0.2) is 59.3 Å². The summed E-state index contributed by atoms with van der Waals surface area (Å²) < 4.78 is 10.5. The SMILES string of the molecule is COC(=O)[C@@H]1[C@@H](C(=O)O)[C@@H](C(=O)O)[C@@H]1C(=O)N[C@@H](C)[C@H](Cc1ccc(Cl)c(Cl)c1)OC(=O)c1ccc2ccccc2c1. The lowest BCUT2D eigenvalue weighted by Crippen LogP contribution is -2.63. The number of carbonyl (C=O) groups is 5. The number of benzene rings is 3. The molecule has 1 fully saturated rings. The number of ether oxygens (including phenoxy) is 2. The van der Waals surface area contributed by atoms with Crippen molar-refractivity contribution in [3.05, 3.63) is 81.8 Å². The fourth-order valence-electron chi connectivity index (χ4n) is 5.27. The lowest BCUT2D eigenvalue weighted by Gasteiger charge is -2.45. The molecule has 3 aromatic rings. The average Bonchev–Trinajstić information content (AvgIpc) is 2.93. The molecule has 0 spiro atoms. The molecular formula is C30H27Cl2NO9. The van der Waals surface area contributed by atoms with Crippen molar-refractivity contribution in [1.82, 2.24) is 5.32 Å². The summed E-state index contributed by atoms with van der Waals surface area (Å²) in [4.78, 5) is 62.6. The van der Waals surface area contributed by atoms with Gasteiger partial charge in [-0.15, -0.1) is 0 Å². The van der Waals surface area contributed by atoms with Crippen LogP contribution in [0.5, 0.6) is 0 Å². The van der Waals surface area contributed by atoms with Crippen molar-refractivity contribution in [2.45, 2.75) is 25.5 Å². The number of amides is 1. The first-order valence-corrected chi connectivity index (χ1v) is 13.7. The second-order valence-corrected chi connectivity index (χ2v) is 10.9. The molecule has 1 aliphatic rings. The quantitative estimate of drug-likeness (QED) is 0.284. The van der Waals surface area contributed by atoms with E-state index in [-0.39, 0.29) is 17.0 Å². The van der Waals surface area contributed by atoms with Crippen LogP contribution in [-0.2, 0) is 35.1 Å². The second-order valence-electron chi connectivity index (χ2n) is 10.1. The summed E-state index contributed by atoms with van der Waals surface area (Å²) in [5, 5.41) is 24.2. The Morgan fingerprint density at radius 3 is 2.10 bits per heavy atom. The molecule has 42 heavy (non-hydrogen) atoms. The van der Waals surface area contributed by atoms with E-state index < -0.39 is 65.6 Å². The Balaban J connectivity index is 1.60. The summed E-state index contributed by atoms with van der Waals surface area (Å²) in [6.07, 6.45) is -0.900. The molecule has 3 N–H and O–H groups in total. The molecule has 12 heteroatoms. The smallest absolute Gasteiger partial charge is 0.338 e. The predicted molar refractivity (Wildman–Crippen MR) is 152 cm³/mol. The van der Waals surface area contributed by atoms with Crippen molar-refractivity contribution in [3.63, 3.8) is 0 Å². The summed E-state index contributed by atoms with van der Waals surface area (Å²) in [7, 11) is 1.02. The van der Waals surface area contributed by atoms with Crippen LogP contribution in [0.25, 0.3) is 10.8 Å². The lowest BCUT2D eigenvalue weighted by atomic mass is 9.56. The number of rotatable bonds is 10. The van der Waals surface area contributed by atoms with Crippen LogP contribution in [0.15, 0.2) is 60.7 Å². The van der Waals surface area contributed by atoms with Crippen molar-refractivity contribution in [3.8, 4) is 0 Å². The zero-order valence-electron chi connectivity index (χ0n) is 22.5. The third-order valence-electron chi connectivity index (χ3n) is 7.49. The zero-order chi connectivity index (χ0) is 30.7. The van der Waals surface area contributed by atoms with Gasteiger partial charge in [-0.2, -0.15) is 0 Å². The standard InChI is InChI=1S/C30H27Cl2NO9/c1-14(33-26(34)22-23(27(35)36)24(28(37)38)25(22)30(40)41-2)21(12-15-7-10-19(31)20(32)11-15)42-29(39)18-9-8-16-5-3-4-6-17(16)13-18/h3-11,13-14,21-25H,12H2,1-2H3,(H,33,34)(H,35,36)(H,37,38)/t14-,21-,22-,23-,24-,25-/m0/s1. The summed E-state index contributed by atoms with van der Waals surface area (Å²) >= 11 is 12.2. The van der Waals surface area contributed by atoms with Crippen molar-refractivity contribution >= 4 is 63.8 Å². The van der Waals surface area contributed by atoms with E-state index in [1.807, 2.05) is 24.3 Å². The molecule has 220 valence electrons. The van der Waals surface area contributed by atoms with E-state index in [1.165, 1.54) is 0 Å². The molecule has 0 aliphatic heterocycles. The van der Waals surface area contributed by atoms with E-state index in [0.717, 1.165) is 17.9 Å². The van der Waals surface area contributed by atoms with Crippen LogP contribution < -0.4 is 5.32 Å². The van der Waals surface area contributed by atoms with Crippen LogP contribution in [0, 0.1) is 23.7 Å². The topological polar surface area (TPSA) is 156 Å². The number of carboxylic acids is 2. The monoisotopic (exact) mass is 615 g/mol. The molecule has 0 bridgehead atoms. The summed E-state index contributed by atoms with van der Waals surface area (Å²) in [5.41, 5.74) is 0.901. The Morgan fingerprint density at radius 2 is 1.48 bits per heavy atom. The van der Waals surface area contributed by atoms with Gasteiger partial charge in [0.2, 0.25) is 5.91 Å². The number of methoxy groups -OCH3 is 1. The van der Waals surface area contributed by atoms with Crippen molar-refractivity contribution in [2.75, 3.05) is 7.11 Å². The zero-order valence-corrected chi connectivity index (χ0v) is 24.0. The van der Waals surface area contributed by atoms with E-state index in [1.54, 1.807) is 43.3 Å². The van der Waals surface area contributed by atoms with E-state index in [9.17, 15) is 34.2 Å². The van der Waals surface area contributed by atoms with Gasteiger partial charge in [0.1, 0.15) is 6.10 Å². The number of hydrogen-bond donors (Lipinski definition) is 3. The molecule has 0 heterocycles. The molecule has 4 rings (SSSR count). The van der Waals surface area contributed by atoms with E-state index in [2.05, 4.69) is 10.1 Å². The Hall–Kier alpha value is -4.15. The molecule has 1 amide bonds. The summed E-state index contributed by atoms with van der Waals surface area (Å²) in [6.45, 7) is 1.55. The molecule has 3 aromatic carbocycles. The Morgan fingerprint density at radius 1 is 0.833 bits per heavy atom. The minimum absolute atomic E-state index is 0.0862. The van der Waals surface area contributed by atoms with Crippen LogP contribution in [0.3, 0.4) is 0 Å². The second kappa shape index (κ2) is 12.8. The van der Waals surface area contributed by atoms with Gasteiger partial charge >= 0.3 is 23.9 Å². The third-order valence-corrected chi connectivity index (χ3v) is 8.23.